The number of halogens is 1. The van der Waals surface area contributed by atoms with Crippen LogP contribution in [0.5, 0.6) is 5.75 Å². The van der Waals surface area contributed by atoms with Crippen molar-refractivity contribution < 1.29 is 4.74 Å². The fraction of sp³-hybridized carbons (Fsp3) is 0.812. The summed E-state index contributed by atoms with van der Waals surface area (Å²) < 4.78 is 7.96. The second-order valence-electron chi connectivity index (χ2n) is 6.49. The van der Waals surface area contributed by atoms with Gasteiger partial charge in [0.05, 0.1) is 18.8 Å². The Morgan fingerprint density at radius 1 is 1.19 bits per heavy atom. The Labute approximate surface area is 132 Å². The number of likely N-dealkylation sites (N-methyl/N-ethyl adjacent to an activating group) is 1. The van der Waals surface area contributed by atoms with E-state index in [1.54, 1.807) is 6.20 Å². The summed E-state index contributed by atoms with van der Waals surface area (Å²) in [6.45, 7) is 2.04. The monoisotopic (exact) mass is 311 g/mol. The molecule has 4 nitrogen and oxygen atoms in total. The summed E-state index contributed by atoms with van der Waals surface area (Å²) in [5.41, 5.74) is 0. The second-order valence-corrected chi connectivity index (χ2v) is 6.85. The SMILES string of the molecule is CN1CCCCC1Cn1ncc(OC2CCCCC2)c1Cl. The van der Waals surface area contributed by atoms with Crippen LogP contribution >= 0.6 is 11.6 Å². The van der Waals surface area contributed by atoms with Crippen LogP contribution in [0.2, 0.25) is 5.15 Å². The molecular weight excluding hydrogens is 286 g/mol. The third-order valence-corrected chi connectivity index (χ3v) is 5.28. The van der Waals surface area contributed by atoms with Gasteiger partial charge in [-0.05, 0) is 52.1 Å². The van der Waals surface area contributed by atoms with E-state index in [0.717, 1.165) is 25.1 Å². The van der Waals surface area contributed by atoms with E-state index in [9.17, 15) is 0 Å². The molecule has 5 heteroatoms. The van der Waals surface area contributed by atoms with Crippen molar-refractivity contribution in [1.82, 2.24) is 14.7 Å². The number of aromatic nitrogens is 2. The van der Waals surface area contributed by atoms with Crippen LogP contribution in [0.25, 0.3) is 0 Å². The van der Waals surface area contributed by atoms with Crippen molar-refractivity contribution >= 4 is 11.6 Å². The van der Waals surface area contributed by atoms with Crippen LogP contribution in [-0.2, 0) is 6.54 Å². The number of ether oxygens (including phenoxy) is 1. The zero-order valence-corrected chi connectivity index (χ0v) is 13.7. The van der Waals surface area contributed by atoms with Gasteiger partial charge in [0.1, 0.15) is 0 Å². The van der Waals surface area contributed by atoms with Crippen molar-refractivity contribution in [3.8, 4) is 5.75 Å². The Hall–Kier alpha value is -0.740. The Morgan fingerprint density at radius 3 is 2.71 bits per heavy atom. The van der Waals surface area contributed by atoms with Crippen LogP contribution in [0.4, 0.5) is 0 Å². The second kappa shape index (κ2) is 7.01. The summed E-state index contributed by atoms with van der Waals surface area (Å²) in [6.07, 6.45) is 12.1. The molecule has 0 amide bonds. The van der Waals surface area contributed by atoms with Crippen molar-refractivity contribution in [2.75, 3.05) is 13.6 Å². The van der Waals surface area contributed by atoms with Gasteiger partial charge in [0.15, 0.2) is 10.9 Å². The number of likely N-dealkylation sites (tertiary alicyclic amines) is 1. The smallest absolute Gasteiger partial charge is 0.176 e. The molecule has 1 unspecified atom stereocenters. The van der Waals surface area contributed by atoms with Crippen LogP contribution in [-0.4, -0.2) is 40.4 Å². The van der Waals surface area contributed by atoms with Crippen molar-refractivity contribution in [1.29, 1.82) is 0 Å². The van der Waals surface area contributed by atoms with E-state index in [2.05, 4.69) is 17.0 Å². The lowest BCUT2D eigenvalue weighted by molar-refractivity contribution is 0.153. The third-order valence-electron chi connectivity index (χ3n) is 4.90. The highest BCUT2D eigenvalue weighted by atomic mass is 35.5. The molecule has 21 heavy (non-hydrogen) atoms. The number of hydrogen-bond donors (Lipinski definition) is 0. The Bertz CT molecular complexity index is 456. The Kier molecular flexibility index (Phi) is 5.07. The van der Waals surface area contributed by atoms with Gasteiger partial charge in [0, 0.05) is 6.04 Å². The molecule has 0 spiro atoms. The molecule has 118 valence electrons. The van der Waals surface area contributed by atoms with E-state index in [4.69, 9.17) is 16.3 Å². The van der Waals surface area contributed by atoms with Gasteiger partial charge in [0.2, 0.25) is 0 Å². The molecular formula is C16H26ClN3O. The largest absolute Gasteiger partial charge is 0.486 e. The first-order valence-electron chi connectivity index (χ1n) is 8.32. The molecule has 1 saturated carbocycles. The van der Waals surface area contributed by atoms with Gasteiger partial charge in [-0.15, -0.1) is 0 Å². The summed E-state index contributed by atoms with van der Waals surface area (Å²) in [5.74, 6) is 0.766. The van der Waals surface area contributed by atoms with E-state index in [-0.39, 0.29) is 0 Å². The van der Waals surface area contributed by atoms with Crippen molar-refractivity contribution in [2.24, 2.45) is 0 Å². The highest BCUT2D eigenvalue weighted by molar-refractivity contribution is 6.31. The van der Waals surface area contributed by atoms with E-state index in [1.165, 1.54) is 45.1 Å². The van der Waals surface area contributed by atoms with E-state index >= 15 is 0 Å². The molecule has 2 heterocycles. The van der Waals surface area contributed by atoms with Gasteiger partial charge in [-0.1, -0.05) is 24.4 Å². The molecule has 0 bridgehead atoms. The third kappa shape index (κ3) is 3.72. The lowest BCUT2D eigenvalue weighted by Gasteiger charge is -2.32. The number of hydrogen-bond acceptors (Lipinski definition) is 3. The van der Waals surface area contributed by atoms with E-state index < -0.39 is 0 Å². The molecule has 3 rings (SSSR count). The first kappa shape index (κ1) is 15.2. The van der Waals surface area contributed by atoms with Crippen molar-refractivity contribution in [2.45, 2.75) is 70.1 Å². The Balaban J connectivity index is 1.61. The molecule has 0 aromatic carbocycles. The molecule has 1 aliphatic carbocycles. The zero-order valence-electron chi connectivity index (χ0n) is 12.9. The van der Waals surface area contributed by atoms with Gasteiger partial charge in [0.25, 0.3) is 0 Å². The molecule has 2 aliphatic rings. The fourth-order valence-corrected chi connectivity index (χ4v) is 3.70. The average molecular weight is 312 g/mol. The zero-order chi connectivity index (χ0) is 14.7. The molecule has 1 saturated heterocycles. The lowest BCUT2D eigenvalue weighted by Crippen LogP contribution is -2.39. The summed E-state index contributed by atoms with van der Waals surface area (Å²) in [5, 5.41) is 5.11. The van der Waals surface area contributed by atoms with Crippen molar-refractivity contribution in [3.05, 3.63) is 11.3 Å². The van der Waals surface area contributed by atoms with Crippen LogP contribution in [0, 0.1) is 0 Å². The van der Waals surface area contributed by atoms with E-state index in [1.807, 2.05) is 4.68 Å². The normalized spacial score (nSPS) is 25.1. The van der Waals surface area contributed by atoms with Crippen LogP contribution in [0.1, 0.15) is 51.4 Å². The number of nitrogens with zero attached hydrogens (tertiary/aromatic N) is 3. The maximum Gasteiger partial charge on any atom is 0.176 e. The summed E-state index contributed by atoms with van der Waals surface area (Å²) in [6, 6.07) is 0.540. The standard InChI is InChI=1S/C16H26ClN3O/c1-19-10-6-5-7-13(19)12-20-16(17)15(11-18-20)21-14-8-3-2-4-9-14/h11,13-14H,2-10,12H2,1H3. The average Bonchev–Trinajstić information content (AvgIpc) is 2.84. The number of rotatable bonds is 4. The molecule has 1 aromatic rings. The molecule has 0 radical (unpaired) electrons. The minimum atomic E-state index is 0.325. The first-order valence-corrected chi connectivity index (χ1v) is 8.70. The van der Waals surface area contributed by atoms with Gasteiger partial charge < -0.3 is 9.64 Å². The number of piperidine rings is 1. The molecule has 1 aliphatic heterocycles. The maximum absolute atomic E-state index is 6.47. The minimum absolute atomic E-state index is 0.325. The predicted octanol–water partition coefficient (Wildman–Crippen LogP) is 3.73. The molecule has 0 N–H and O–H groups in total. The molecule has 1 aromatic heterocycles. The predicted molar refractivity (Wildman–Crippen MR) is 85.0 cm³/mol. The summed E-state index contributed by atoms with van der Waals surface area (Å²) in [4.78, 5) is 2.42. The fourth-order valence-electron chi connectivity index (χ4n) is 3.50. The quantitative estimate of drug-likeness (QED) is 0.848. The van der Waals surface area contributed by atoms with E-state index in [0.29, 0.717) is 17.3 Å². The van der Waals surface area contributed by atoms with Gasteiger partial charge in [-0.3, -0.25) is 0 Å². The Morgan fingerprint density at radius 2 is 1.95 bits per heavy atom. The maximum atomic E-state index is 6.47. The van der Waals surface area contributed by atoms with Crippen LogP contribution in [0.3, 0.4) is 0 Å². The van der Waals surface area contributed by atoms with Gasteiger partial charge >= 0.3 is 0 Å². The van der Waals surface area contributed by atoms with Gasteiger partial charge in [-0.25, -0.2) is 4.68 Å². The lowest BCUT2D eigenvalue weighted by atomic mass is 9.98. The van der Waals surface area contributed by atoms with Crippen LogP contribution in [0.15, 0.2) is 6.20 Å². The summed E-state index contributed by atoms with van der Waals surface area (Å²) in [7, 11) is 2.20. The van der Waals surface area contributed by atoms with Crippen LogP contribution < -0.4 is 4.74 Å². The summed E-state index contributed by atoms with van der Waals surface area (Å²) >= 11 is 6.47. The molecule has 1 atom stereocenters. The minimum Gasteiger partial charge on any atom is -0.486 e. The van der Waals surface area contributed by atoms with Gasteiger partial charge in [-0.2, -0.15) is 5.10 Å². The first-order chi connectivity index (χ1) is 10.2. The topological polar surface area (TPSA) is 30.3 Å². The highest BCUT2D eigenvalue weighted by Gasteiger charge is 2.23. The van der Waals surface area contributed by atoms with Crippen molar-refractivity contribution in [3.63, 3.8) is 0 Å². The molecule has 2 fully saturated rings. The highest BCUT2D eigenvalue weighted by Crippen LogP contribution is 2.29.